The molecule has 2 aromatic rings. The van der Waals surface area contributed by atoms with E-state index < -0.39 is 0 Å². The minimum atomic E-state index is 0.203. The Balaban J connectivity index is 1.72. The lowest BCUT2D eigenvalue weighted by Gasteiger charge is -2.14. The highest BCUT2D eigenvalue weighted by molar-refractivity contribution is 9.10. The number of carbonyl (C=O) groups excluding carboxylic acids is 1. The van der Waals surface area contributed by atoms with Crippen molar-refractivity contribution in [2.45, 2.75) is 19.4 Å². The number of ketones is 1. The summed E-state index contributed by atoms with van der Waals surface area (Å²) in [6, 6.07) is 9.49. The Labute approximate surface area is 127 Å². The summed E-state index contributed by atoms with van der Waals surface area (Å²) in [5.41, 5.74) is 1.94. The van der Waals surface area contributed by atoms with Gasteiger partial charge in [0, 0.05) is 28.6 Å². The minimum absolute atomic E-state index is 0.203. The lowest BCUT2D eigenvalue weighted by atomic mass is 10.1. The molecule has 0 N–H and O–H groups in total. The van der Waals surface area contributed by atoms with E-state index in [0.717, 1.165) is 35.1 Å². The molecule has 106 valence electrons. The molecule has 20 heavy (non-hydrogen) atoms. The third-order valence-corrected chi connectivity index (χ3v) is 3.67. The Morgan fingerprint density at radius 2 is 2.00 bits per heavy atom. The van der Waals surface area contributed by atoms with Gasteiger partial charge in [-0.15, -0.1) is 0 Å². The first-order valence-corrected chi connectivity index (χ1v) is 7.43. The van der Waals surface area contributed by atoms with E-state index in [1.54, 1.807) is 12.5 Å². The zero-order valence-electron chi connectivity index (χ0n) is 11.5. The molecule has 0 unspecified atom stereocenters. The van der Waals surface area contributed by atoms with Crippen LogP contribution in [0.4, 0.5) is 0 Å². The van der Waals surface area contributed by atoms with Gasteiger partial charge in [0.25, 0.3) is 0 Å². The van der Waals surface area contributed by atoms with Gasteiger partial charge in [0.2, 0.25) is 0 Å². The van der Waals surface area contributed by atoms with E-state index in [1.807, 2.05) is 30.3 Å². The van der Waals surface area contributed by atoms with Crippen LogP contribution in [0, 0.1) is 0 Å². The first-order valence-electron chi connectivity index (χ1n) is 6.63. The minimum Gasteiger partial charge on any atom is -0.472 e. The fourth-order valence-electron chi connectivity index (χ4n) is 2.06. The molecule has 0 aliphatic heterocycles. The van der Waals surface area contributed by atoms with Crippen LogP contribution in [0.3, 0.4) is 0 Å². The Hall–Kier alpha value is -1.39. The summed E-state index contributed by atoms with van der Waals surface area (Å²) >= 11 is 3.37. The highest BCUT2D eigenvalue weighted by atomic mass is 79.9. The molecule has 1 aromatic carbocycles. The molecule has 0 spiro atoms. The number of furan rings is 1. The van der Waals surface area contributed by atoms with Crippen molar-refractivity contribution in [2.24, 2.45) is 0 Å². The van der Waals surface area contributed by atoms with Crippen molar-refractivity contribution in [1.82, 2.24) is 4.90 Å². The van der Waals surface area contributed by atoms with Crippen molar-refractivity contribution >= 4 is 21.7 Å². The lowest BCUT2D eigenvalue weighted by Crippen LogP contribution is -2.19. The second-order valence-corrected chi connectivity index (χ2v) is 5.82. The molecule has 1 heterocycles. The van der Waals surface area contributed by atoms with Crippen molar-refractivity contribution in [3.05, 3.63) is 58.5 Å². The first kappa shape index (κ1) is 15.0. The topological polar surface area (TPSA) is 33.5 Å². The van der Waals surface area contributed by atoms with E-state index in [2.05, 4.69) is 27.9 Å². The molecule has 0 aliphatic carbocycles. The summed E-state index contributed by atoms with van der Waals surface area (Å²) in [5.74, 6) is 0.203. The molecular weight excluding hydrogens is 318 g/mol. The van der Waals surface area contributed by atoms with Gasteiger partial charge in [-0.1, -0.05) is 28.1 Å². The van der Waals surface area contributed by atoms with Gasteiger partial charge in [-0.3, -0.25) is 4.79 Å². The quantitative estimate of drug-likeness (QED) is 0.713. The summed E-state index contributed by atoms with van der Waals surface area (Å²) < 4.78 is 6.04. The maximum Gasteiger partial charge on any atom is 0.162 e. The predicted molar refractivity (Wildman–Crippen MR) is 82.7 cm³/mol. The van der Waals surface area contributed by atoms with Gasteiger partial charge < -0.3 is 9.32 Å². The highest BCUT2D eigenvalue weighted by Crippen LogP contribution is 2.13. The van der Waals surface area contributed by atoms with E-state index in [1.165, 1.54) is 0 Å². The molecule has 0 fully saturated rings. The van der Waals surface area contributed by atoms with Crippen LogP contribution in [0.5, 0.6) is 0 Å². The van der Waals surface area contributed by atoms with Crippen LogP contribution in [0.15, 0.2) is 51.7 Å². The summed E-state index contributed by atoms with van der Waals surface area (Å²) in [4.78, 5) is 14.2. The molecule has 0 saturated carbocycles. The monoisotopic (exact) mass is 335 g/mol. The standard InChI is InChI=1S/C16H18BrNO2/c1-18(11-13-8-10-20-12-13)9-2-3-16(19)14-4-6-15(17)7-5-14/h4-8,10,12H,2-3,9,11H2,1H3. The fraction of sp³-hybridized carbons (Fsp3) is 0.312. The SMILES string of the molecule is CN(CCCC(=O)c1ccc(Br)cc1)Cc1ccoc1. The molecule has 0 radical (unpaired) electrons. The van der Waals surface area contributed by atoms with Crippen LogP contribution in [0.25, 0.3) is 0 Å². The second-order valence-electron chi connectivity index (χ2n) is 4.90. The molecule has 0 amide bonds. The van der Waals surface area contributed by atoms with Gasteiger partial charge in [-0.05, 0) is 38.2 Å². The van der Waals surface area contributed by atoms with Gasteiger partial charge in [-0.25, -0.2) is 0 Å². The third kappa shape index (κ3) is 4.62. The van der Waals surface area contributed by atoms with Crippen molar-refractivity contribution in [1.29, 1.82) is 0 Å². The van der Waals surface area contributed by atoms with Crippen LogP contribution >= 0.6 is 15.9 Å². The van der Waals surface area contributed by atoms with E-state index in [9.17, 15) is 4.79 Å². The number of hydrogen-bond acceptors (Lipinski definition) is 3. The predicted octanol–water partition coefficient (Wildman–Crippen LogP) is 4.14. The smallest absolute Gasteiger partial charge is 0.162 e. The number of rotatable bonds is 7. The molecule has 1 aromatic heterocycles. The first-order chi connectivity index (χ1) is 9.65. The molecule has 0 bridgehead atoms. The third-order valence-electron chi connectivity index (χ3n) is 3.14. The maximum atomic E-state index is 12.0. The Bertz CT molecular complexity index is 534. The van der Waals surface area contributed by atoms with E-state index in [0.29, 0.717) is 6.42 Å². The molecule has 0 saturated heterocycles. The van der Waals surface area contributed by atoms with Crippen molar-refractivity contribution in [2.75, 3.05) is 13.6 Å². The number of hydrogen-bond donors (Lipinski definition) is 0. The van der Waals surface area contributed by atoms with Crippen LogP contribution in [0.2, 0.25) is 0 Å². The van der Waals surface area contributed by atoms with Gasteiger partial charge in [0.1, 0.15) is 0 Å². The van der Waals surface area contributed by atoms with Crippen LogP contribution in [-0.4, -0.2) is 24.3 Å². The van der Waals surface area contributed by atoms with Crippen LogP contribution < -0.4 is 0 Å². The van der Waals surface area contributed by atoms with Gasteiger partial charge in [0.15, 0.2) is 5.78 Å². The summed E-state index contributed by atoms with van der Waals surface area (Å²) in [6.07, 6.45) is 4.88. The van der Waals surface area contributed by atoms with E-state index >= 15 is 0 Å². The maximum absolute atomic E-state index is 12.0. The van der Waals surface area contributed by atoms with Crippen molar-refractivity contribution < 1.29 is 9.21 Å². The van der Waals surface area contributed by atoms with Gasteiger partial charge in [0.05, 0.1) is 12.5 Å². The average Bonchev–Trinajstić information content (AvgIpc) is 2.92. The summed E-state index contributed by atoms with van der Waals surface area (Å²) in [7, 11) is 2.05. The Morgan fingerprint density at radius 1 is 1.25 bits per heavy atom. The zero-order valence-corrected chi connectivity index (χ0v) is 13.1. The van der Waals surface area contributed by atoms with E-state index in [4.69, 9.17) is 4.42 Å². The highest BCUT2D eigenvalue weighted by Gasteiger charge is 2.07. The van der Waals surface area contributed by atoms with E-state index in [-0.39, 0.29) is 5.78 Å². The van der Waals surface area contributed by atoms with Gasteiger partial charge >= 0.3 is 0 Å². The normalized spacial score (nSPS) is 10.9. The van der Waals surface area contributed by atoms with Crippen molar-refractivity contribution in [3.63, 3.8) is 0 Å². The number of benzene rings is 1. The molecular formula is C16H18BrNO2. The summed E-state index contributed by atoms with van der Waals surface area (Å²) in [5, 5.41) is 0. The molecule has 4 heteroatoms. The van der Waals surface area contributed by atoms with Gasteiger partial charge in [-0.2, -0.15) is 0 Å². The molecule has 0 atom stereocenters. The Morgan fingerprint density at radius 3 is 2.65 bits per heavy atom. The van der Waals surface area contributed by atoms with Crippen LogP contribution in [0.1, 0.15) is 28.8 Å². The molecule has 3 nitrogen and oxygen atoms in total. The number of nitrogens with zero attached hydrogens (tertiary/aromatic N) is 1. The number of carbonyl (C=O) groups is 1. The molecule has 0 aliphatic rings. The largest absolute Gasteiger partial charge is 0.472 e. The molecule has 2 rings (SSSR count). The lowest BCUT2D eigenvalue weighted by molar-refractivity contribution is 0.0976. The number of Topliss-reactive ketones (excluding diaryl/α,β-unsaturated/α-hetero) is 1. The fourth-order valence-corrected chi connectivity index (χ4v) is 2.33. The average molecular weight is 336 g/mol. The van der Waals surface area contributed by atoms with Crippen LogP contribution in [-0.2, 0) is 6.54 Å². The van der Waals surface area contributed by atoms with Crippen molar-refractivity contribution in [3.8, 4) is 0 Å². The number of halogens is 1. The zero-order chi connectivity index (χ0) is 14.4. The second kappa shape index (κ2) is 7.41. The Kier molecular flexibility index (Phi) is 5.56. The summed E-state index contributed by atoms with van der Waals surface area (Å²) in [6.45, 7) is 1.75.